The summed E-state index contributed by atoms with van der Waals surface area (Å²) in [5.74, 6) is -0.259. The molecule has 2 heterocycles. The first kappa shape index (κ1) is 15.4. The Morgan fingerprint density at radius 2 is 1.56 bits per heavy atom. The van der Waals surface area contributed by atoms with Crippen LogP contribution >= 0.6 is 11.3 Å². The second-order valence-corrected chi connectivity index (χ2v) is 6.46. The maximum atomic E-state index is 13.0. The number of aromatic amines is 1. The summed E-state index contributed by atoms with van der Waals surface area (Å²) in [4.78, 5) is 26.5. The molecule has 2 aromatic carbocycles. The van der Waals surface area contributed by atoms with Crippen LogP contribution in [0.2, 0.25) is 0 Å². The molecule has 2 aromatic heterocycles. The Bertz CT molecular complexity index is 1060. The van der Waals surface area contributed by atoms with E-state index in [1.54, 1.807) is 6.07 Å². The van der Waals surface area contributed by atoms with Gasteiger partial charge in [0, 0.05) is 5.56 Å². The highest BCUT2D eigenvalue weighted by atomic mass is 32.1. The zero-order valence-corrected chi connectivity index (χ0v) is 14.0. The number of H-pyrrole nitrogens is 1. The summed E-state index contributed by atoms with van der Waals surface area (Å²) in [6, 6.07) is 22.2. The summed E-state index contributed by atoms with van der Waals surface area (Å²) < 4.78 is 1.42. The van der Waals surface area contributed by atoms with Crippen LogP contribution in [0.15, 0.2) is 83.0 Å². The number of nitrogens with one attached hydrogen (secondary N) is 1. The molecule has 0 saturated heterocycles. The fourth-order valence-electron chi connectivity index (χ4n) is 2.75. The molecule has 4 nitrogen and oxygen atoms in total. The van der Waals surface area contributed by atoms with Crippen molar-refractivity contribution in [1.82, 2.24) is 9.78 Å². The molecule has 0 saturated carbocycles. The molecule has 0 bridgehead atoms. The van der Waals surface area contributed by atoms with Crippen LogP contribution in [0.25, 0.3) is 16.9 Å². The standard InChI is InChI=1S/C20H14N2O2S/c23-19(16-12-7-13-25-16)17-18(14-8-3-1-4-9-14)21-22(20(17)24)15-10-5-2-6-11-15/h1-13,21H. The number of para-hydroxylation sites is 1. The third-order valence-corrected chi connectivity index (χ3v) is 4.81. The Morgan fingerprint density at radius 1 is 0.880 bits per heavy atom. The van der Waals surface area contributed by atoms with E-state index in [0.717, 1.165) is 5.56 Å². The van der Waals surface area contributed by atoms with Gasteiger partial charge in [0.05, 0.1) is 16.3 Å². The summed E-state index contributed by atoms with van der Waals surface area (Å²) in [5.41, 5.74) is 1.85. The quantitative estimate of drug-likeness (QED) is 0.565. The highest BCUT2D eigenvalue weighted by Gasteiger charge is 2.24. The second kappa shape index (κ2) is 6.37. The van der Waals surface area contributed by atoms with Crippen LogP contribution in [0.5, 0.6) is 0 Å². The molecule has 122 valence electrons. The molecule has 0 aliphatic heterocycles. The zero-order valence-electron chi connectivity index (χ0n) is 13.2. The van der Waals surface area contributed by atoms with Gasteiger partial charge in [0.1, 0.15) is 5.56 Å². The predicted molar refractivity (Wildman–Crippen MR) is 99.6 cm³/mol. The normalized spacial score (nSPS) is 10.7. The first-order chi connectivity index (χ1) is 12.3. The molecule has 0 atom stereocenters. The van der Waals surface area contributed by atoms with E-state index < -0.39 is 0 Å². The minimum atomic E-state index is -0.344. The largest absolute Gasteiger partial charge is 0.290 e. The Kier molecular flexibility index (Phi) is 3.91. The lowest BCUT2D eigenvalue weighted by molar-refractivity contribution is 0.104. The van der Waals surface area contributed by atoms with Crippen molar-refractivity contribution >= 4 is 17.1 Å². The van der Waals surface area contributed by atoms with Crippen molar-refractivity contribution in [1.29, 1.82) is 0 Å². The fourth-order valence-corrected chi connectivity index (χ4v) is 3.42. The molecular weight excluding hydrogens is 332 g/mol. The van der Waals surface area contributed by atoms with Crippen molar-refractivity contribution < 1.29 is 4.79 Å². The third-order valence-electron chi connectivity index (χ3n) is 3.94. The van der Waals surface area contributed by atoms with Gasteiger partial charge in [-0.1, -0.05) is 54.6 Å². The van der Waals surface area contributed by atoms with Crippen molar-refractivity contribution in [2.75, 3.05) is 0 Å². The van der Waals surface area contributed by atoms with Gasteiger partial charge in [-0.15, -0.1) is 11.3 Å². The number of carbonyl (C=O) groups excluding carboxylic acids is 1. The first-order valence-electron chi connectivity index (χ1n) is 7.80. The molecule has 4 aromatic rings. The van der Waals surface area contributed by atoms with E-state index >= 15 is 0 Å². The van der Waals surface area contributed by atoms with E-state index in [2.05, 4.69) is 5.10 Å². The Morgan fingerprint density at radius 3 is 2.20 bits per heavy atom. The van der Waals surface area contributed by atoms with Gasteiger partial charge in [0.25, 0.3) is 5.56 Å². The second-order valence-electron chi connectivity index (χ2n) is 5.51. The van der Waals surface area contributed by atoms with E-state index in [0.29, 0.717) is 16.3 Å². The lowest BCUT2D eigenvalue weighted by Crippen LogP contribution is -2.20. The van der Waals surface area contributed by atoms with E-state index in [1.807, 2.05) is 72.1 Å². The molecule has 4 rings (SSSR count). The molecule has 25 heavy (non-hydrogen) atoms. The molecule has 0 fully saturated rings. The van der Waals surface area contributed by atoms with E-state index in [9.17, 15) is 9.59 Å². The number of thiophene rings is 1. The van der Waals surface area contributed by atoms with Crippen LogP contribution in [0.4, 0.5) is 0 Å². The SMILES string of the molecule is O=C(c1cccs1)c1c(-c2ccccc2)[nH]n(-c2ccccc2)c1=O. The van der Waals surface area contributed by atoms with Gasteiger partial charge in [-0.05, 0) is 23.6 Å². The summed E-state index contributed by atoms with van der Waals surface area (Å²) in [5, 5.41) is 4.94. The van der Waals surface area contributed by atoms with Crippen molar-refractivity contribution in [2.24, 2.45) is 0 Å². The van der Waals surface area contributed by atoms with Crippen LogP contribution in [-0.4, -0.2) is 15.6 Å². The van der Waals surface area contributed by atoms with Crippen molar-refractivity contribution in [3.8, 4) is 16.9 Å². The minimum Gasteiger partial charge on any atom is -0.290 e. The van der Waals surface area contributed by atoms with Crippen LogP contribution in [-0.2, 0) is 0 Å². The maximum absolute atomic E-state index is 13.0. The molecular formula is C20H14N2O2S. The minimum absolute atomic E-state index is 0.164. The molecule has 0 aliphatic rings. The van der Waals surface area contributed by atoms with Gasteiger partial charge < -0.3 is 0 Å². The van der Waals surface area contributed by atoms with Gasteiger partial charge in [-0.3, -0.25) is 14.7 Å². The molecule has 0 aliphatic carbocycles. The van der Waals surface area contributed by atoms with Gasteiger partial charge in [0.2, 0.25) is 5.78 Å². The molecule has 0 amide bonds. The maximum Gasteiger partial charge on any atom is 0.283 e. The Hall–Kier alpha value is -3.18. The van der Waals surface area contributed by atoms with Crippen LogP contribution in [0.1, 0.15) is 15.2 Å². The summed E-state index contributed by atoms with van der Waals surface area (Å²) in [6.07, 6.45) is 0. The van der Waals surface area contributed by atoms with Crippen LogP contribution in [0.3, 0.4) is 0 Å². The highest BCUT2D eigenvalue weighted by molar-refractivity contribution is 7.12. The summed E-state index contributed by atoms with van der Waals surface area (Å²) >= 11 is 1.33. The van der Waals surface area contributed by atoms with E-state index in [4.69, 9.17) is 0 Å². The number of hydrogen-bond donors (Lipinski definition) is 1. The first-order valence-corrected chi connectivity index (χ1v) is 8.68. The molecule has 1 N–H and O–H groups in total. The van der Waals surface area contributed by atoms with Crippen molar-refractivity contribution in [3.63, 3.8) is 0 Å². The highest BCUT2D eigenvalue weighted by Crippen LogP contribution is 2.24. The number of ketones is 1. The molecule has 5 heteroatoms. The van der Waals surface area contributed by atoms with E-state index in [-0.39, 0.29) is 16.9 Å². The fraction of sp³-hybridized carbons (Fsp3) is 0. The van der Waals surface area contributed by atoms with Gasteiger partial charge in [-0.25, -0.2) is 4.68 Å². The van der Waals surface area contributed by atoms with E-state index in [1.165, 1.54) is 16.0 Å². The zero-order chi connectivity index (χ0) is 17.2. The molecule has 0 spiro atoms. The number of nitrogens with zero attached hydrogens (tertiary/aromatic N) is 1. The Balaban J connectivity index is 1.97. The van der Waals surface area contributed by atoms with Gasteiger partial charge >= 0.3 is 0 Å². The van der Waals surface area contributed by atoms with Crippen molar-refractivity contribution in [2.45, 2.75) is 0 Å². The monoisotopic (exact) mass is 346 g/mol. The molecule has 0 unspecified atom stereocenters. The van der Waals surface area contributed by atoms with Crippen LogP contribution < -0.4 is 5.56 Å². The number of benzene rings is 2. The Labute approximate surface area is 148 Å². The number of rotatable bonds is 4. The van der Waals surface area contributed by atoms with Crippen molar-refractivity contribution in [3.05, 3.63) is 99.0 Å². The third kappa shape index (κ3) is 2.75. The number of carbonyl (C=O) groups is 1. The van der Waals surface area contributed by atoms with Gasteiger partial charge in [-0.2, -0.15) is 0 Å². The number of aromatic nitrogens is 2. The molecule has 0 radical (unpaired) electrons. The predicted octanol–water partition coefficient (Wildman–Crippen LogP) is 4.13. The van der Waals surface area contributed by atoms with Gasteiger partial charge in [0.15, 0.2) is 0 Å². The summed E-state index contributed by atoms with van der Waals surface area (Å²) in [6.45, 7) is 0. The summed E-state index contributed by atoms with van der Waals surface area (Å²) in [7, 11) is 0. The van der Waals surface area contributed by atoms with Crippen LogP contribution in [0, 0.1) is 0 Å². The number of hydrogen-bond acceptors (Lipinski definition) is 3. The lowest BCUT2D eigenvalue weighted by Gasteiger charge is -2.02. The average molecular weight is 346 g/mol. The lowest BCUT2D eigenvalue weighted by atomic mass is 10.0. The smallest absolute Gasteiger partial charge is 0.283 e. The topological polar surface area (TPSA) is 54.9 Å². The average Bonchev–Trinajstić information content (AvgIpc) is 3.31.